The minimum atomic E-state index is -0.852. The lowest BCUT2D eigenvalue weighted by molar-refractivity contribution is 0.0762. The Morgan fingerprint density at radius 1 is 1.21 bits per heavy atom. The number of nitrogens with zero attached hydrogens (tertiary/aromatic N) is 3. The smallest absolute Gasteiger partial charge is 0.278 e. The summed E-state index contributed by atoms with van der Waals surface area (Å²) in [5.41, 5.74) is 2.04. The molecule has 0 unspecified atom stereocenters. The van der Waals surface area contributed by atoms with E-state index in [9.17, 15) is 14.1 Å². The molecule has 0 bridgehead atoms. The Hall–Kier alpha value is -2.15. The van der Waals surface area contributed by atoms with Gasteiger partial charge in [0.2, 0.25) is 0 Å². The van der Waals surface area contributed by atoms with Crippen LogP contribution in [0.25, 0.3) is 5.69 Å². The second-order valence-electron chi connectivity index (χ2n) is 6.19. The number of aromatic hydroxyl groups is 1. The monoisotopic (exact) mass is 347 g/mol. The minimum absolute atomic E-state index is 0.0376. The van der Waals surface area contributed by atoms with Crippen LogP contribution < -0.4 is 0 Å². The third-order valence-electron chi connectivity index (χ3n) is 4.19. The van der Waals surface area contributed by atoms with Crippen LogP contribution in [0, 0.1) is 0 Å². The molecule has 2 heterocycles. The molecule has 7 heteroatoms. The summed E-state index contributed by atoms with van der Waals surface area (Å²) in [7, 11) is -0.852. The van der Waals surface area contributed by atoms with E-state index in [2.05, 4.69) is 18.9 Å². The molecule has 1 saturated heterocycles. The summed E-state index contributed by atoms with van der Waals surface area (Å²) in [6, 6.07) is 7.86. The zero-order valence-electron chi connectivity index (χ0n) is 13.8. The minimum Gasteiger partial charge on any atom is -0.504 e. The van der Waals surface area contributed by atoms with E-state index < -0.39 is 10.8 Å². The molecule has 0 atom stereocenters. The Labute approximate surface area is 143 Å². The lowest BCUT2D eigenvalue weighted by atomic mass is 10.0. The van der Waals surface area contributed by atoms with Gasteiger partial charge in [-0.2, -0.15) is 5.10 Å². The molecular formula is C17H21N3O3S. The van der Waals surface area contributed by atoms with Crippen molar-refractivity contribution in [3.05, 3.63) is 41.7 Å². The topological polar surface area (TPSA) is 75.4 Å². The van der Waals surface area contributed by atoms with E-state index in [1.807, 2.05) is 24.3 Å². The first-order chi connectivity index (χ1) is 11.5. The molecule has 0 spiro atoms. The van der Waals surface area contributed by atoms with Crippen LogP contribution in [0.3, 0.4) is 0 Å². The highest BCUT2D eigenvalue weighted by Crippen LogP contribution is 2.22. The molecule has 1 aromatic heterocycles. The molecule has 2 aromatic rings. The average Bonchev–Trinajstić information content (AvgIpc) is 2.97. The van der Waals surface area contributed by atoms with Crippen LogP contribution in [0.2, 0.25) is 0 Å². The second-order valence-corrected chi connectivity index (χ2v) is 7.89. The second kappa shape index (κ2) is 6.76. The van der Waals surface area contributed by atoms with Gasteiger partial charge in [0.25, 0.3) is 5.91 Å². The quantitative estimate of drug-likeness (QED) is 0.920. The fourth-order valence-corrected chi connectivity index (χ4v) is 3.70. The number of hydrogen-bond donors (Lipinski definition) is 1. The number of rotatable bonds is 3. The molecule has 3 rings (SSSR count). The number of benzene rings is 1. The van der Waals surface area contributed by atoms with Crippen molar-refractivity contribution >= 4 is 16.7 Å². The molecule has 1 N–H and O–H groups in total. The lowest BCUT2D eigenvalue weighted by Gasteiger charge is -2.25. The van der Waals surface area contributed by atoms with Crippen molar-refractivity contribution in [1.29, 1.82) is 0 Å². The van der Waals surface area contributed by atoms with Crippen molar-refractivity contribution in [2.24, 2.45) is 0 Å². The number of aromatic nitrogens is 2. The largest absolute Gasteiger partial charge is 0.504 e. The molecule has 24 heavy (non-hydrogen) atoms. The Bertz CT molecular complexity index is 758. The van der Waals surface area contributed by atoms with Crippen LogP contribution >= 0.6 is 0 Å². The highest BCUT2D eigenvalue weighted by atomic mass is 32.2. The van der Waals surface area contributed by atoms with Gasteiger partial charge in [-0.25, -0.2) is 4.68 Å². The molecule has 1 amide bonds. The highest BCUT2D eigenvalue weighted by Gasteiger charge is 2.26. The van der Waals surface area contributed by atoms with Gasteiger partial charge in [-0.3, -0.25) is 9.00 Å². The van der Waals surface area contributed by atoms with Crippen molar-refractivity contribution in [3.63, 3.8) is 0 Å². The number of carbonyl (C=O) groups excluding carboxylic acids is 1. The summed E-state index contributed by atoms with van der Waals surface area (Å²) in [6.45, 7) is 5.11. The third kappa shape index (κ3) is 3.36. The predicted octanol–water partition coefficient (Wildman–Crippen LogP) is 1.91. The number of hydrogen-bond acceptors (Lipinski definition) is 4. The van der Waals surface area contributed by atoms with Crippen LogP contribution in [0.5, 0.6) is 5.75 Å². The van der Waals surface area contributed by atoms with Crippen molar-refractivity contribution < 1.29 is 14.1 Å². The van der Waals surface area contributed by atoms with Crippen molar-refractivity contribution in [1.82, 2.24) is 14.7 Å². The fraction of sp³-hybridized carbons (Fsp3) is 0.412. The Morgan fingerprint density at radius 2 is 1.83 bits per heavy atom. The standard InChI is InChI=1S/C17H21N3O3S/c1-12(2)13-3-5-14(6-4-13)20-11-15(21)16(18-20)17(22)19-7-9-24(23)10-8-19/h3-6,11-12,21H,7-10H2,1-2H3. The summed E-state index contributed by atoms with van der Waals surface area (Å²) in [6.07, 6.45) is 1.44. The van der Waals surface area contributed by atoms with E-state index in [4.69, 9.17) is 0 Å². The molecule has 0 saturated carbocycles. The van der Waals surface area contributed by atoms with E-state index in [1.54, 1.807) is 4.90 Å². The van der Waals surface area contributed by atoms with Crippen molar-refractivity contribution in [2.75, 3.05) is 24.6 Å². The first kappa shape index (κ1) is 16.7. The van der Waals surface area contributed by atoms with Gasteiger partial charge >= 0.3 is 0 Å². The fourth-order valence-electron chi connectivity index (χ4n) is 2.65. The third-order valence-corrected chi connectivity index (χ3v) is 5.46. The van der Waals surface area contributed by atoms with Crippen LogP contribution in [-0.4, -0.2) is 54.5 Å². The van der Waals surface area contributed by atoms with Crippen LogP contribution in [0.4, 0.5) is 0 Å². The Morgan fingerprint density at radius 3 is 2.42 bits per heavy atom. The summed E-state index contributed by atoms with van der Waals surface area (Å²) in [5.74, 6) is 0.932. The summed E-state index contributed by atoms with van der Waals surface area (Å²) in [5, 5.41) is 14.3. The van der Waals surface area contributed by atoms with Gasteiger partial charge < -0.3 is 10.0 Å². The number of carbonyl (C=O) groups is 1. The Kier molecular flexibility index (Phi) is 4.71. The van der Waals surface area contributed by atoms with Crippen LogP contribution in [-0.2, 0) is 10.8 Å². The molecule has 6 nitrogen and oxygen atoms in total. The Balaban J connectivity index is 1.82. The predicted molar refractivity (Wildman–Crippen MR) is 93.1 cm³/mol. The number of amides is 1. The SMILES string of the molecule is CC(C)c1ccc(-n2cc(O)c(C(=O)N3CCS(=O)CC3)n2)cc1. The molecule has 128 valence electrons. The van der Waals surface area contributed by atoms with Crippen LogP contribution in [0.1, 0.15) is 35.8 Å². The molecule has 1 aromatic carbocycles. The van der Waals surface area contributed by atoms with E-state index in [1.165, 1.54) is 16.4 Å². The highest BCUT2D eigenvalue weighted by molar-refractivity contribution is 7.85. The molecule has 0 aliphatic carbocycles. The molecular weight excluding hydrogens is 326 g/mol. The first-order valence-electron chi connectivity index (χ1n) is 7.99. The summed E-state index contributed by atoms with van der Waals surface area (Å²) in [4.78, 5) is 14.1. The summed E-state index contributed by atoms with van der Waals surface area (Å²) < 4.78 is 12.9. The van der Waals surface area contributed by atoms with Gasteiger partial charge in [0.05, 0.1) is 11.9 Å². The maximum Gasteiger partial charge on any atom is 0.278 e. The van der Waals surface area contributed by atoms with E-state index in [0.717, 1.165) is 5.69 Å². The molecule has 1 aliphatic heterocycles. The molecule has 1 fully saturated rings. The maximum atomic E-state index is 12.5. The van der Waals surface area contributed by atoms with E-state index >= 15 is 0 Å². The zero-order chi connectivity index (χ0) is 17.3. The van der Waals surface area contributed by atoms with Gasteiger partial charge in [-0.15, -0.1) is 0 Å². The first-order valence-corrected chi connectivity index (χ1v) is 9.47. The van der Waals surface area contributed by atoms with E-state index in [-0.39, 0.29) is 17.4 Å². The van der Waals surface area contributed by atoms with Gasteiger partial charge in [0, 0.05) is 35.4 Å². The zero-order valence-corrected chi connectivity index (χ0v) is 14.6. The average molecular weight is 347 g/mol. The van der Waals surface area contributed by atoms with Gasteiger partial charge in [-0.1, -0.05) is 26.0 Å². The van der Waals surface area contributed by atoms with Gasteiger partial charge in [0.15, 0.2) is 11.4 Å². The molecule has 1 aliphatic rings. The van der Waals surface area contributed by atoms with Crippen molar-refractivity contribution in [3.8, 4) is 11.4 Å². The van der Waals surface area contributed by atoms with Gasteiger partial charge in [-0.05, 0) is 23.6 Å². The van der Waals surface area contributed by atoms with Crippen molar-refractivity contribution in [2.45, 2.75) is 19.8 Å². The maximum absolute atomic E-state index is 12.5. The summed E-state index contributed by atoms with van der Waals surface area (Å²) >= 11 is 0. The van der Waals surface area contributed by atoms with Gasteiger partial charge in [0.1, 0.15) is 0 Å². The van der Waals surface area contributed by atoms with Crippen LogP contribution in [0.15, 0.2) is 30.5 Å². The lowest BCUT2D eigenvalue weighted by Crippen LogP contribution is -2.42. The molecule has 0 radical (unpaired) electrons. The van der Waals surface area contributed by atoms with E-state index in [0.29, 0.717) is 30.5 Å². The normalized spacial score (nSPS) is 15.9.